The molecule has 23 heavy (non-hydrogen) atoms. The van der Waals surface area contributed by atoms with Crippen molar-refractivity contribution in [1.82, 2.24) is 4.57 Å². The van der Waals surface area contributed by atoms with Crippen molar-refractivity contribution in [1.29, 1.82) is 0 Å². The number of carbonyl (C=O) groups excluding carboxylic acids is 1. The monoisotopic (exact) mass is 320 g/mol. The second-order valence-electron chi connectivity index (χ2n) is 4.54. The molecule has 1 amide bonds. The van der Waals surface area contributed by atoms with E-state index in [2.05, 4.69) is 5.32 Å². The molecule has 0 unspecified atom stereocenters. The van der Waals surface area contributed by atoms with E-state index in [0.717, 1.165) is 10.6 Å². The summed E-state index contributed by atoms with van der Waals surface area (Å²) in [4.78, 5) is 33.9. The highest BCUT2D eigenvalue weighted by Gasteiger charge is 2.08. The fourth-order valence-electron chi connectivity index (χ4n) is 1.78. The Morgan fingerprint density at radius 3 is 2.65 bits per heavy atom. The van der Waals surface area contributed by atoms with Gasteiger partial charge in [-0.2, -0.15) is 0 Å². The van der Waals surface area contributed by atoms with Gasteiger partial charge in [0.1, 0.15) is 6.54 Å². The Hall–Kier alpha value is -3.16. The van der Waals surface area contributed by atoms with Crippen molar-refractivity contribution < 1.29 is 23.8 Å². The summed E-state index contributed by atoms with van der Waals surface area (Å²) >= 11 is 0. The summed E-state index contributed by atoms with van der Waals surface area (Å²) in [5, 5.41) is 11.1. The Kier molecular flexibility index (Phi) is 5.08. The minimum atomic E-state index is -1.18. The molecule has 0 aliphatic heterocycles. The number of halogens is 1. The number of carboxylic acid groups (broad SMARTS) is 1. The van der Waals surface area contributed by atoms with Crippen LogP contribution in [0.3, 0.4) is 0 Å². The SMILES string of the molecule is O=C(O)Cn1cc(NC(=O)COc2ccccc2F)ccc1=O. The van der Waals surface area contributed by atoms with Gasteiger partial charge in [0.15, 0.2) is 18.2 Å². The molecular weight excluding hydrogens is 307 g/mol. The summed E-state index contributed by atoms with van der Waals surface area (Å²) < 4.78 is 19.3. The predicted octanol–water partition coefficient (Wildman–Crippen LogP) is 1.09. The number of rotatable bonds is 6. The van der Waals surface area contributed by atoms with E-state index in [4.69, 9.17) is 9.84 Å². The van der Waals surface area contributed by atoms with E-state index in [1.165, 1.54) is 30.5 Å². The summed E-state index contributed by atoms with van der Waals surface area (Å²) in [7, 11) is 0. The van der Waals surface area contributed by atoms with Crippen molar-refractivity contribution in [3.05, 3.63) is 58.8 Å². The van der Waals surface area contributed by atoms with Crippen LogP contribution >= 0.6 is 0 Å². The first-order valence-corrected chi connectivity index (χ1v) is 6.55. The zero-order valence-corrected chi connectivity index (χ0v) is 11.9. The number of hydrogen-bond acceptors (Lipinski definition) is 4. The van der Waals surface area contributed by atoms with Gasteiger partial charge in [-0.1, -0.05) is 12.1 Å². The number of aromatic nitrogens is 1. The van der Waals surface area contributed by atoms with Gasteiger partial charge in [-0.25, -0.2) is 4.39 Å². The average molecular weight is 320 g/mol. The molecule has 2 aromatic rings. The molecule has 0 bridgehead atoms. The molecule has 0 saturated heterocycles. The third-order valence-corrected chi connectivity index (χ3v) is 2.77. The molecule has 0 radical (unpaired) electrons. The maximum Gasteiger partial charge on any atom is 0.323 e. The van der Waals surface area contributed by atoms with Gasteiger partial charge in [-0.05, 0) is 18.2 Å². The Morgan fingerprint density at radius 2 is 1.96 bits per heavy atom. The van der Waals surface area contributed by atoms with Crippen LogP contribution in [0.15, 0.2) is 47.4 Å². The van der Waals surface area contributed by atoms with Crippen LogP contribution in [0.2, 0.25) is 0 Å². The van der Waals surface area contributed by atoms with Crippen LogP contribution in [0.5, 0.6) is 5.75 Å². The van der Waals surface area contributed by atoms with E-state index in [1.807, 2.05) is 0 Å². The van der Waals surface area contributed by atoms with Crippen molar-refractivity contribution in [2.75, 3.05) is 11.9 Å². The van der Waals surface area contributed by atoms with Gasteiger partial charge < -0.3 is 19.7 Å². The number of nitrogens with one attached hydrogen (secondary N) is 1. The molecule has 1 aromatic carbocycles. The number of carbonyl (C=O) groups is 2. The fourth-order valence-corrected chi connectivity index (χ4v) is 1.78. The summed E-state index contributed by atoms with van der Waals surface area (Å²) in [5.74, 6) is -2.40. The standard InChI is InChI=1S/C15H13FN2O5/c16-11-3-1-2-4-12(11)23-9-13(19)17-10-5-6-14(20)18(7-10)8-15(21)22/h1-7H,8-9H2,(H,17,19)(H,21,22). The van der Waals surface area contributed by atoms with Crippen molar-refractivity contribution in [3.63, 3.8) is 0 Å². The van der Waals surface area contributed by atoms with Crippen LogP contribution in [0.1, 0.15) is 0 Å². The summed E-state index contributed by atoms with van der Waals surface area (Å²) in [6.07, 6.45) is 1.21. The van der Waals surface area contributed by atoms with Gasteiger partial charge in [0.25, 0.3) is 11.5 Å². The minimum Gasteiger partial charge on any atom is -0.481 e. The lowest BCUT2D eigenvalue weighted by molar-refractivity contribution is -0.137. The summed E-state index contributed by atoms with van der Waals surface area (Å²) in [6, 6.07) is 8.12. The quantitative estimate of drug-likeness (QED) is 0.830. The topological polar surface area (TPSA) is 97.6 Å². The van der Waals surface area contributed by atoms with E-state index >= 15 is 0 Å². The molecule has 0 aliphatic rings. The first-order valence-electron chi connectivity index (χ1n) is 6.55. The van der Waals surface area contributed by atoms with Crippen LogP contribution in [0, 0.1) is 5.82 Å². The van der Waals surface area contributed by atoms with Crippen LogP contribution < -0.4 is 15.6 Å². The molecule has 120 valence electrons. The number of aliphatic carboxylic acids is 1. The van der Waals surface area contributed by atoms with Crippen molar-refractivity contribution in [2.24, 2.45) is 0 Å². The highest BCUT2D eigenvalue weighted by Crippen LogP contribution is 2.15. The number of amides is 1. The summed E-state index contributed by atoms with van der Waals surface area (Å²) in [6.45, 7) is -0.951. The van der Waals surface area contributed by atoms with Gasteiger partial charge in [0, 0.05) is 12.3 Å². The average Bonchev–Trinajstić information content (AvgIpc) is 2.49. The molecule has 0 saturated carbocycles. The maximum atomic E-state index is 13.3. The van der Waals surface area contributed by atoms with Crippen molar-refractivity contribution in [2.45, 2.75) is 6.54 Å². The van der Waals surface area contributed by atoms with Crippen LogP contribution in [-0.4, -0.2) is 28.2 Å². The maximum absolute atomic E-state index is 13.3. The Balaban J connectivity index is 1.99. The summed E-state index contributed by atoms with van der Waals surface area (Å²) in [5.41, 5.74) is -0.277. The molecule has 1 heterocycles. The normalized spacial score (nSPS) is 10.1. The van der Waals surface area contributed by atoms with Crippen molar-refractivity contribution in [3.8, 4) is 5.75 Å². The second-order valence-corrected chi connectivity index (χ2v) is 4.54. The Labute approximate surface area is 129 Å². The first kappa shape index (κ1) is 16.2. The molecule has 0 atom stereocenters. The second kappa shape index (κ2) is 7.21. The third-order valence-electron chi connectivity index (χ3n) is 2.77. The van der Waals surface area contributed by atoms with E-state index in [0.29, 0.717) is 0 Å². The number of para-hydroxylation sites is 1. The fraction of sp³-hybridized carbons (Fsp3) is 0.133. The number of hydrogen-bond donors (Lipinski definition) is 2. The Bertz CT molecular complexity index is 787. The van der Waals surface area contributed by atoms with Crippen molar-refractivity contribution >= 4 is 17.6 Å². The number of nitrogens with zero attached hydrogens (tertiary/aromatic N) is 1. The van der Waals surface area contributed by atoms with Gasteiger partial charge in [0.05, 0.1) is 5.69 Å². The first-order chi connectivity index (χ1) is 11.0. The zero-order valence-electron chi connectivity index (χ0n) is 11.9. The number of carboxylic acids is 1. The molecule has 0 spiro atoms. The molecule has 2 N–H and O–H groups in total. The van der Waals surface area contributed by atoms with E-state index in [9.17, 15) is 18.8 Å². The molecule has 0 aliphatic carbocycles. The molecule has 1 aromatic heterocycles. The van der Waals surface area contributed by atoms with E-state index < -0.39 is 36.4 Å². The zero-order chi connectivity index (χ0) is 16.8. The van der Waals surface area contributed by atoms with Crippen LogP contribution in [-0.2, 0) is 16.1 Å². The predicted molar refractivity (Wildman–Crippen MR) is 78.9 cm³/mol. The van der Waals surface area contributed by atoms with Gasteiger partial charge >= 0.3 is 5.97 Å². The van der Waals surface area contributed by atoms with E-state index in [-0.39, 0.29) is 11.4 Å². The van der Waals surface area contributed by atoms with Gasteiger partial charge in [0.2, 0.25) is 0 Å². The number of anilines is 1. The molecular formula is C15H13FN2O5. The number of pyridine rings is 1. The highest BCUT2D eigenvalue weighted by molar-refractivity contribution is 5.91. The minimum absolute atomic E-state index is 0.0569. The molecule has 2 rings (SSSR count). The smallest absolute Gasteiger partial charge is 0.323 e. The lowest BCUT2D eigenvalue weighted by Gasteiger charge is -2.09. The van der Waals surface area contributed by atoms with E-state index in [1.54, 1.807) is 6.07 Å². The van der Waals surface area contributed by atoms with Gasteiger partial charge in [-0.15, -0.1) is 0 Å². The van der Waals surface area contributed by atoms with Gasteiger partial charge in [-0.3, -0.25) is 14.4 Å². The van der Waals surface area contributed by atoms with Crippen LogP contribution in [0.25, 0.3) is 0 Å². The molecule has 8 heteroatoms. The molecule has 0 fully saturated rings. The Morgan fingerprint density at radius 1 is 1.22 bits per heavy atom. The third kappa shape index (κ3) is 4.67. The largest absolute Gasteiger partial charge is 0.481 e. The molecule has 7 nitrogen and oxygen atoms in total. The van der Waals surface area contributed by atoms with Crippen LogP contribution in [0.4, 0.5) is 10.1 Å². The number of ether oxygens (including phenoxy) is 1. The lowest BCUT2D eigenvalue weighted by Crippen LogP contribution is -2.25. The number of benzene rings is 1. The highest BCUT2D eigenvalue weighted by atomic mass is 19.1. The lowest BCUT2D eigenvalue weighted by atomic mass is 10.3.